The molecule has 1 saturated heterocycles. The highest BCUT2D eigenvalue weighted by atomic mass is 16.5. The Morgan fingerprint density at radius 2 is 2.28 bits per heavy atom. The maximum Gasteiger partial charge on any atom is 0.133 e. The number of morpholine rings is 1. The summed E-state index contributed by atoms with van der Waals surface area (Å²) in [7, 11) is 0. The maximum atomic E-state index is 9.17. The van der Waals surface area contributed by atoms with Gasteiger partial charge >= 0.3 is 0 Å². The predicted octanol–water partition coefficient (Wildman–Crippen LogP) is 1.11. The molecule has 2 heterocycles. The average molecular weight is 251 g/mol. The molecule has 5 nitrogen and oxygen atoms in total. The molecule has 1 aliphatic rings. The molecule has 100 valence electrons. The molecule has 1 atom stereocenters. The molecule has 18 heavy (non-hydrogen) atoms. The molecule has 0 aliphatic carbocycles. The summed E-state index contributed by atoms with van der Waals surface area (Å²) in [6.07, 6.45) is -0.114. The number of aryl methyl sites for hydroxylation is 1. The van der Waals surface area contributed by atoms with Crippen molar-refractivity contribution in [1.82, 2.24) is 9.97 Å². The Balaban J connectivity index is 2.21. The number of anilines is 1. The minimum Gasteiger partial charge on any atom is -0.394 e. The molecule has 5 heteroatoms. The Bertz CT molecular complexity index is 409. The topological polar surface area (TPSA) is 58.5 Å². The fourth-order valence-electron chi connectivity index (χ4n) is 2.03. The van der Waals surface area contributed by atoms with E-state index in [2.05, 4.69) is 28.7 Å². The van der Waals surface area contributed by atoms with Gasteiger partial charge in [-0.3, -0.25) is 0 Å². The van der Waals surface area contributed by atoms with Crippen molar-refractivity contribution in [3.05, 3.63) is 17.6 Å². The van der Waals surface area contributed by atoms with E-state index in [1.165, 1.54) is 0 Å². The van der Waals surface area contributed by atoms with E-state index < -0.39 is 0 Å². The second kappa shape index (κ2) is 5.63. The van der Waals surface area contributed by atoms with Crippen LogP contribution < -0.4 is 4.90 Å². The molecule has 0 spiro atoms. The lowest BCUT2D eigenvalue weighted by molar-refractivity contribution is 0.00334. The van der Waals surface area contributed by atoms with Crippen LogP contribution in [0.15, 0.2) is 6.07 Å². The first-order valence-corrected chi connectivity index (χ1v) is 6.43. The largest absolute Gasteiger partial charge is 0.394 e. The van der Waals surface area contributed by atoms with Gasteiger partial charge in [0.15, 0.2) is 0 Å². The first-order chi connectivity index (χ1) is 8.60. The molecule has 1 unspecified atom stereocenters. The smallest absolute Gasteiger partial charge is 0.133 e. The summed E-state index contributed by atoms with van der Waals surface area (Å²) in [6, 6.07) is 1.99. The molecule has 1 aliphatic heterocycles. The van der Waals surface area contributed by atoms with Crippen LogP contribution in [0.1, 0.15) is 31.3 Å². The number of hydrogen-bond acceptors (Lipinski definition) is 5. The van der Waals surface area contributed by atoms with E-state index in [9.17, 15) is 0 Å². The number of rotatable bonds is 3. The van der Waals surface area contributed by atoms with Gasteiger partial charge in [0.25, 0.3) is 0 Å². The van der Waals surface area contributed by atoms with Crippen LogP contribution in [-0.2, 0) is 4.74 Å². The quantitative estimate of drug-likeness (QED) is 0.872. The van der Waals surface area contributed by atoms with Crippen LogP contribution in [0.5, 0.6) is 0 Å². The molecule has 1 aromatic heterocycles. The van der Waals surface area contributed by atoms with E-state index in [1.54, 1.807) is 0 Å². The molecular formula is C13H21N3O2. The van der Waals surface area contributed by atoms with Gasteiger partial charge in [-0.2, -0.15) is 0 Å². The van der Waals surface area contributed by atoms with E-state index in [0.717, 1.165) is 23.9 Å². The minimum atomic E-state index is -0.114. The molecule has 1 N–H and O–H groups in total. The third-order valence-electron chi connectivity index (χ3n) is 3.04. The number of aromatic nitrogens is 2. The van der Waals surface area contributed by atoms with Crippen LogP contribution in [-0.4, -0.2) is 47.5 Å². The lowest BCUT2D eigenvalue weighted by atomic mass is 10.2. The number of aliphatic hydroxyl groups is 1. The molecule has 0 radical (unpaired) electrons. The SMILES string of the molecule is Cc1cc(N2CCOC(CO)C2)nc(C(C)C)n1. The zero-order valence-electron chi connectivity index (χ0n) is 11.3. The first-order valence-electron chi connectivity index (χ1n) is 6.43. The van der Waals surface area contributed by atoms with E-state index in [4.69, 9.17) is 9.84 Å². The van der Waals surface area contributed by atoms with Gasteiger partial charge in [-0.1, -0.05) is 13.8 Å². The summed E-state index contributed by atoms with van der Waals surface area (Å²) in [5, 5.41) is 9.17. The van der Waals surface area contributed by atoms with Gasteiger partial charge in [0.2, 0.25) is 0 Å². The minimum absolute atomic E-state index is 0.0532. The van der Waals surface area contributed by atoms with Crippen LogP contribution in [0, 0.1) is 6.92 Å². The van der Waals surface area contributed by atoms with Crippen molar-refractivity contribution in [2.24, 2.45) is 0 Å². The highest BCUT2D eigenvalue weighted by Crippen LogP contribution is 2.19. The van der Waals surface area contributed by atoms with Crippen LogP contribution in [0.3, 0.4) is 0 Å². The van der Waals surface area contributed by atoms with Crippen molar-refractivity contribution in [3.8, 4) is 0 Å². The zero-order valence-corrected chi connectivity index (χ0v) is 11.3. The number of nitrogens with zero attached hydrogens (tertiary/aromatic N) is 3. The normalized spacial score (nSPS) is 20.5. The summed E-state index contributed by atoms with van der Waals surface area (Å²) < 4.78 is 5.45. The van der Waals surface area contributed by atoms with Crippen molar-refractivity contribution in [1.29, 1.82) is 0 Å². The summed E-state index contributed by atoms with van der Waals surface area (Å²) in [5.41, 5.74) is 0.982. The second-order valence-corrected chi connectivity index (χ2v) is 5.00. The fraction of sp³-hybridized carbons (Fsp3) is 0.692. The van der Waals surface area contributed by atoms with Crippen LogP contribution >= 0.6 is 0 Å². The maximum absolute atomic E-state index is 9.17. The van der Waals surface area contributed by atoms with Crippen molar-refractivity contribution >= 4 is 5.82 Å². The summed E-state index contributed by atoms with van der Waals surface area (Å²) in [4.78, 5) is 11.2. The predicted molar refractivity (Wildman–Crippen MR) is 69.9 cm³/mol. The van der Waals surface area contributed by atoms with Gasteiger partial charge in [-0.15, -0.1) is 0 Å². The van der Waals surface area contributed by atoms with Crippen LogP contribution in [0.4, 0.5) is 5.82 Å². The number of hydrogen-bond donors (Lipinski definition) is 1. The van der Waals surface area contributed by atoms with Gasteiger partial charge in [0.05, 0.1) is 19.3 Å². The van der Waals surface area contributed by atoms with Gasteiger partial charge in [0.1, 0.15) is 11.6 Å². The Labute approximate surface area is 108 Å². The van der Waals surface area contributed by atoms with Crippen molar-refractivity contribution in [2.45, 2.75) is 32.8 Å². The van der Waals surface area contributed by atoms with E-state index in [0.29, 0.717) is 19.1 Å². The molecule has 2 rings (SSSR count). The Morgan fingerprint density at radius 1 is 1.50 bits per heavy atom. The number of ether oxygens (including phenoxy) is 1. The molecule has 0 bridgehead atoms. The van der Waals surface area contributed by atoms with Crippen LogP contribution in [0.2, 0.25) is 0 Å². The molecule has 0 amide bonds. The first kappa shape index (κ1) is 13.2. The van der Waals surface area contributed by atoms with Crippen molar-refractivity contribution < 1.29 is 9.84 Å². The van der Waals surface area contributed by atoms with Crippen LogP contribution in [0.25, 0.3) is 0 Å². The molecule has 0 aromatic carbocycles. The molecule has 1 aromatic rings. The third-order valence-corrected chi connectivity index (χ3v) is 3.04. The summed E-state index contributed by atoms with van der Waals surface area (Å²) in [6.45, 7) is 8.35. The van der Waals surface area contributed by atoms with E-state index in [-0.39, 0.29) is 12.7 Å². The Hall–Kier alpha value is -1.20. The fourth-order valence-corrected chi connectivity index (χ4v) is 2.03. The second-order valence-electron chi connectivity index (χ2n) is 5.00. The van der Waals surface area contributed by atoms with Gasteiger partial charge in [-0.05, 0) is 6.92 Å². The van der Waals surface area contributed by atoms with E-state index >= 15 is 0 Å². The Kier molecular flexibility index (Phi) is 4.14. The molecular weight excluding hydrogens is 230 g/mol. The average Bonchev–Trinajstić information content (AvgIpc) is 2.38. The standard InChI is InChI=1S/C13H21N3O2/c1-9(2)13-14-10(3)6-12(15-13)16-4-5-18-11(7-16)8-17/h6,9,11,17H,4-5,7-8H2,1-3H3. The van der Waals surface area contributed by atoms with Gasteiger partial charge in [0, 0.05) is 30.8 Å². The van der Waals surface area contributed by atoms with Gasteiger partial charge < -0.3 is 14.7 Å². The highest BCUT2D eigenvalue weighted by molar-refractivity contribution is 5.40. The monoisotopic (exact) mass is 251 g/mol. The highest BCUT2D eigenvalue weighted by Gasteiger charge is 2.21. The van der Waals surface area contributed by atoms with E-state index in [1.807, 2.05) is 13.0 Å². The summed E-state index contributed by atoms with van der Waals surface area (Å²) >= 11 is 0. The van der Waals surface area contributed by atoms with Gasteiger partial charge in [-0.25, -0.2) is 9.97 Å². The van der Waals surface area contributed by atoms with Crippen molar-refractivity contribution in [3.63, 3.8) is 0 Å². The third kappa shape index (κ3) is 2.97. The molecule has 1 fully saturated rings. The lowest BCUT2D eigenvalue weighted by Crippen LogP contribution is -2.44. The Morgan fingerprint density at radius 3 is 2.94 bits per heavy atom. The zero-order chi connectivity index (χ0) is 13.1. The number of aliphatic hydroxyl groups excluding tert-OH is 1. The lowest BCUT2D eigenvalue weighted by Gasteiger charge is -2.33. The summed E-state index contributed by atoms with van der Waals surface area (Å²) in [5.74, 6) is 2.13. The molecule has 0 saturated carbocycles. The van der Waals surface area contributed by atoms with Crippen molar-refractivity contribution in [2.75, 3.05) is 31.2 Å².